The molecule has 0 aromatic rings. The van der Waals surface area contributed by atoms with Crippen molar-refractivity contribution in [2.45, 2.75) is 70.4 Å². The number of carbonyl (C=O) groups excluding carboxylic acids is 2. The predicted molar refractivity (Wildman–Crippen MR) is 78.9 cm³/mol. The molecule has 3 aliphatic heterocycles. The van der Waals surface area contributed by atoms with Crippen LogP contribution in [0.1, 0.15) is 40.0 Å². The number of likely N-dealkylation sites (tertiary alicyclic amines) is 1. The summed E-state index contributed by atoms with van der Waals surface area (Å²) in [5.41, 5.74) is -0.699. The highest BCUT2D eigenvalue weighted by Gasteiger charge is 2.57. The lowest BCUT2D eigenvalue weighted by molar-refractivity contribution is -0.171. The van der Waals surface area contributed by atoms with Crippen molar-refractivity contribution in [3.05, 3.63) is 0 Å². The van der Waals surface area contributed by atoms with Crippen molar-refractivity contribution in [1.29, 1.82) is 0 Å². The Hall–Kier alpha value is -1.31. The summed E-state index contributed by atoms with van der Waals surface area (Å²) in [6.45, 7) is 5.51. The molecule has 3 unspecified atom stereocenters. The van der Waals surface area contributed by atoms with Gasteiger partial charge in [0.2, 0.25) is 5.91 Å². The number of ether oxygens (including phenoxy) is 1. The van der Waals surface area contributed by atoms with Crippen LogP contribution in [-0.4, -0.2) is 53.7 Å². The van der Waals surface area contributed by atoms with Crippen molar-refractivity contribution in [2.24, 2.45) is 11.3 Å². The summed E-state index contributed by atoms with van der Waals surface area (Å²) < 4.78 is 43.5. The van der Waals surface area contributed by atoms with Gasteiger partial charge in [-0.05, 0) is 39.5 Å². The minimum atomic E-state index is -4.53. The fourth-order valence-corrected chi connectivity index (χ4v) is 4.10. The molecule has 3 heterocycles. The summed E-state index contributed by atoms with van der Waals surface area (Å²) in [6, 6.07) is -0.693. The molecule has 1 amide bonds. The van der Waals surface area contributed by atoms with Crippen LogP contribution in [0.5, 0.6) is 0 Å². The van der Waals surface area contributed by atoms with Gasteiger partial charge in [-0.15, -0.1) is 0 Å². The summed E-state index contributed by atoms with van der Waals surface area (Å²) in [4.78, 5) is 25.7. The molecule has 3 rings (SSSR count). The first-order valence-electron chi connectivity index (χ1n) is 8.29. The first-order valence-corrected chi connectivity index (χ1v) is 8.29. The Bertz CT molecular complexity index is 544. The molecule has 0 spiro atoms. The Morgan fingerprint density at radius 2 is 1.79 bits per heavy atom. The normalized spacial score (nSPS) is 35.2. The van der Waals surface area contributed by atoms with Crippen molar-refractivity contribution in [1.82, 2.24) is 10.2 Å². The van der Waals surface area contributed by atoms with Crippen molar-refractivity contribution >= 4 is 11.9 Å². The van der Waals surface area contributed by atoms with Gasteiger partial charge in [0.25, 0.3) is 0 Å². The van der Waals surface area contributed by atoms with Crippen LogP contribution >= 0.6 is 0 Å². The van der Waals surface area contributed by atoms with E-state index in [2.05, 4.69) is 5.32 Å². The van der Waals surface area contributed by atoms with E-state index < -0.39 is 42.0 Å². The van der Waals surface area contributed by atoms with Crippen molar-refractivity contribution in [3.8, 4) is 0 Å². The number of esters is 1. The van der Waals surface area contributed by atoms with E-state index in [-0.39, 0.29) is 18.0 Å². The van der Waals surface area contributed by atoms with Crippen molar-refractivity contribution in [2.75, 3.05) is 6.54 Å². The molecule has 0 aliphatic carbocycles. The molecular weight excluding hydrogens is 325 g/mol. The first kappa shape index (κ1) is 17.5. The van der Waals surface area contributed by atoms with Crippen LogP contribution in [0.3, 0.4) is 0 Å². The van der Waals surface area contributed by atoms with E-state index in [1.165, 1.54) is 4.90 Å². The fraction of sp³-hybridized carbons (Fsp3) is 0.875. The number of rotatable bonds is 2. The lowest BCUT2D eigenvalue weighted by Crippen LogP contribution is -2.58. The second kappa shape index (κ2) is 5.61. The van der Waals surface area contributed by atoms with E-state index in [0.717, 1.165) is 6.42 Å². The second-order valence-corrected chi connectivity index (χ2v) is 8.17. The summed E-state index contributed by atoms with van der Waals surface area (Å²) >= 11 is 0. The van der Waals surface area contributed by atoms with E-state index in [1.807, 2.05) is 0 Å². The molecule has 3 fully saturated rings. The molecule has 8 heteroatoms. The van der Waals surface area contributed by atoms with Gasteiger partial charge in [-0.1, -0.05) is 0 Å². The van der Waals surface area contributed by atoms with E-state index in [4.69, 9.17) is 4.74 Å². The molecule has 5 nitrogen and oxygen atoms in total. The number of nitrogens with one attached hydrogen (secondary N) is 1. The molecule has 0 aromatic heterocycles. The van der Waals surface area contributed by atoms with Gasteiger partial charge < -0.3 is 15.0 Å². The maximum atomic E-state index is 12.6. The number of halogens is 3. The third-order valence-electron chi connectivity index (χ3n) is 5.09. The predicted octanol–water partition coefficient (Wildman–Crippen LogP) is 1.86. The Kier molecular flexibility index (Phi) is 4.09. The molecule has 0 aromatic carbocycles. The zero-order valence-corrected chi connectivity index (χ0v) is 14.0. The van der Waals surface area contributed by atoms with Crippen molar-refractivity contribution < 1.29 is 27.5 Å². The van der Waals surface area contributed by atoms with Gasteiger partial charge >= 0.3 is 12.1 Å². The van der Waals surface area contributed by atoms with Crippen LogP contribution < -0.4 is 5.32 Å². The topological polar surface area (TPSA) is 58.6 Å². The van der Waals surface area contributed by atoms with Gasteiger partial charge in [-0.3, -0.25) is 9.59 Å². The highest BCUT2D eigenvalue weighted by atomic mass is 19.4. The van der Waals surface area contributed by atoms with Gasteiger partial charge in [0, 0.05) is 18.6 Å². The number of hydrogen-bond acceptors (Lipinski definition) is 4. The number of amides is 1. The van der Waals surface area contributed by atoms with Gasteiger partial charge in [-0.2, -0.15) is 13.2 Å². The Morgan fingerprint density at radius 3 is 2.38 bits per heavy atom. The highest BCUT2D eigenvalue weighted by Crippen LogP contribution is 2.42. The summed E-state index contributed by atoms with van der Waals surface area (Å²) in [5.74, 6) is -1.16. The Labute approximate surface area is 138 Å². The molecule has 3 bridgehead atoms. The number of piperidine rings is 2. The standard InChI is InChI=1S/C16H23F3N2O3/c1-15(2,3)14(23)24-13-10-5-8-4-9(20-10)12(13)21(7-8)11(22)6-16(17,18)19/h8-10,12-13,20H,4-7H2,1-3H3/t8?,9-,10?,12?,13+/m1/s1. The molecule has 0 saturated carbocycles. The van der Waals surface area contributed by atoms with Crippen LogP contribution in [0.25, 0.3) is 0 Å². The van der Waals surface area contributed by atoms with Crippen molar-refractivity contribution in [3.63, 3.8) is 0 Å². The van der Waals surface area contributed by atoms with Crippen LogP contribution in [0.4, 0.5) is 13.2 Å². The van der Waals surface area contributed by atoms with Gasteiger partial charge in [0.1, 0.15) is 12.5 Å². The van der Waals surface area contributed by atoms with E-state index in [0.29, 0.717) is 13.0 Å². The molecule has 136 valence electrons. The van der Waals surface area contributed by atoms with Gasteiger partial charge in [-0.25, -0.2) is 0 Å². The minimum Gasteiger partial charge on any atom is -0.458 e. The molecule has 3 saturated heterocycles. The summed E-state index contributed by atoms with van der Waals surface area (Å²) in [6.07, 6.45) is -5.05. The third-order valence-corrected chi connectivity index (χ3v) is 5.09. The fourth-order valence-electron chi connectivity index (χ4n) is 4.10. The highest BCUT2D eigenvalue weighted by molar-refractivity contribution is 5.78. The van der Waals surface area contributed by atoms with Crippen LogP contribution in [0, 0.1) is 11.3 Å². The molecule has 24 heavy (non-hydrogen) atoms. The Balaban J connectivity index is 1.81. The monoisotopic (exact) mass is 348 g/mol. The smallest absolute Gasteiger partial charge is 0.397 e. The number of hydrogen-bond donors (Lipinski definition) is 1. The van der Waals surface area contributed by atoms with Crippen LogP contribution in [0.15, 0.2) is 0 Å². The van der Waals surface area contributed by atoms with E-state index >= 15 is 0 Å². The molecular formula is C16H23F3N2O3. The zero-order valence-electron chi connectivity index (χ0n) is 14.0. The number of carbonyl (C=O) groups is 2. The SMILES string of the molecule is CC(C)(C)C(=O)O[C@H]1C2CC3C[C@@H](N2)C1N(C(=O)CC(F)(F)F)C3. The second-order valence-electron chi connectivity index (χ2n) is 8.17. The van der Waals surface area contributed by atoms with Gasteiger partial charge in [0.05, 0.1) is 11.5 Å². The molecule has 0 radical (unpaired) electrons. The lowest BCUT2D eigenvalue weighted by atomic mass is 9.88. The van der Waals surface area contributed by atoms with Gasteiger partial charge in [0.15, 0.2) is 0 Å². The quantitative estimate of drug-likeness (QED) is 0.774. The molecule has 1 N–H and O–H groups in total. The maximum absolute atomic E-state index is 12.6. The lowest BCUT2D eigenvalue weighted by Gasteiger charge is -2.42. The largest absolute Gasteiger partial charge is 0.458 e. The van der Waals surface area contributed by atoms with Crippen LogP contribution in [-0.2, 0) is 14.3 Å². The number of nitrogens with zero attached hydrogens (tertiary/aromatic N) is 1. The van der Waals surface area contributed by atoms with E-state index in [9.17, 15) is 22.8 Å². The summed E-state index contributed by atoms with van der Waals surface area (Å²) in [5, 5.41) is 3.32. The number of alkyl halides is 3. The average Bonchev–Trinajstić information content (AvgIpc) is 2.57. The molecule has 5 atom stereocenters. The molecule has 3 aliphatic rings. The zero-order chi connectivity index (χ0) is 17.9. The third kappa shape index (κ3) is 3.25. The summed E-state index contributed by atoms with van der Waals surface area (Å²) in [7, 11) is 0. The average molecular weight is 348 g/mol. The van der Waals surface area contributed by atoms with E-state index in [1.54, 1.807) is 20.8 Å². The first-order chi connectivity index (χ1) is 11.0. The maximum Gasteiger partial charge on any atom is 0.397 e. The van der Waals surface area contributed by atoms with Crippen LogP contribution in [0.2, 0.25) is 0 Å². The Morgan fingerprint density at radius 1 is 1.17 bits per heavy atom. The number of fused-ring (bicyclic) bond motifs is 2. The minimum absolute atomic E-state index is 0.0891.